The van der Waals surface area contributed by atoms with Crippen LogP contribution in [0.15, 0.2) is 47.4 Å². The van der Waals surface area contributed by atoms with Gasteiger partial charge in [-0.15, -0.1) is 0 Å². The van der Waals surface area contributed by atoms with Gasteiger partial charge in [0.25, 0.3) is 5.56 Å². The van der Waals surface area contributed by atoms with Gasteiger partial charge in [0.05, 0.1) is 6.04 Å². The molecule has 0 atom stereocenters. The molecule has 168 valence electrons. The van der Waals surface area contributed by atoms with E-state index in [1.807, 2.05) is 28.9 Å². The van der Waals surface area contributed by atoms with E-state index in [-0.39, 0.29) is 17.0 Å². The van der Waals surface area contributed by atoms with Crippen LogP contribution in [0.3, 0.4) is 0 Å². The van der Waals surface area contributed by atoms with Crippen molar-refractivity contribution < 1.29 is 0 Å². The fourth-order valence-corrected chi connectivity index (χ4v) is 4.40. The van der Waals surface area contributed by atoms with Crippen LogP contribution in [-0.4, -0.2) is 30.9 Å². The van der Waals surface area contributed by atoms with Gasteiger partial charge >= 0.3 is 0 Å². The SMILES string of the molecule is CC(C)(C)c1cccc(-n2c3nc(Nc4ccc5c(c4)CCN5)ncc3c(=O)n2C2CC2)n1. The molecule has 1 aromatic carbocycles. The van der Waals surface area contributed by atoms with Crippen molar-refractivity contribution in [2.45, 2.75) is 51.5 Å². The third-order valence-electron chi connectivity index (χ3n) is 6.31. The van der Waals surface area contributed by atoms with E-state index in [9.17, 15) is 4.79 Å². The molecular weight excluding hydrogens is 414 g/mol. The van der Waals surface area contributed by atoms with Crippen LogP contribution in [-0.2, 0) is 11.8 Å². The molecule has 0 radical (unpaired) electrons. The van der Waals surface area contributed by atoms with Crippen molar-refractivity contribution in [2.24, 2.45) is 0 Å². The molecule has 1 aliphatic heterocycles. The van der Waals surface area contributed by atoms with Gasteiger partial charge in [0, 0.05) is 35.2 Å². The highest BCUT2D eigenvalue weighted by molar-refractivity contribution is 5.77. The average Bonchev–Trinajstić information content (AvgIpc) is 3.45. The maximum absolute atomic E-state index is 13.3. The second kappa shape index (κ2) is 7.16. The van der Waals surface area contributed by atoms with Crippen LogP contribution in [0, 0.1) is 0 Å². The van der Waals surface area contributed by atoms with Crippen molar-refractivity contribution in [2.75, 3.05) is 17.2 Å². The summed E-state index contributed by atoms with van der Waals surface area (Å²) >= 11 is 0. The quantitative estimate of drug-likeness (QED) is 0.490. The Morgan fingerprint density at radius 2 is 1.97 bits per heavy atom. The second-order valence-electron chi connectivity index (χ2n) is 9.93. The molecule has 1 fully saturated rings. The van der Waals surface area contributed by atoms with Crippen LogP contribution in [0.4, 0.5) is 17.3 Å². The Bertz CT molecular complexity index is 1440. The van der Waals surface area contributed by atoms with Crippen molar-refractivity contribution in [3.8, 4) is 5.82 Å². The lowest BCUT2D eigenvalue weighted by atomic mass is 9.92. The molecule has 2 N–H and O–H groups in total. The molecular formula is C25H27N7O. The lowest BCUT2D eigenvalue weighted by Crippen LogP contribution is -2.23. The molecule has 33 heavy (non-hydrogen) atoms. The topological polar surface area (TPSA) is 89.7 Å². The Labute approximate surface area is 191 Å². The Balaban J connectivity index is 1.48. The van der Waals surface area contributed by atoms with Gasteiger partial charge in [-0.3, -0.25) is 4.79 Å². The molecule has 4 aromatic rings. The third-order valence-corrected chi connectivity index (χ3v) is 6.31. The molecule has 8 heteroatoms. The molecule has 4 heterocycles. The highest BCUT2D eigenvalue weighted by Gasteiger charge is 2.31. The van der Waals surface area contributed by atoms with Crippen molar-refractivity contribution in [1.82, 2.24) is 24.3 Å². The minimum Gasteiger partial charge on any atom is -0.384 e. The van der Waals surface area contributed by atoms with Crippen molar-refractivity contribution >= 4 is 28.4 Å². The van der Waals surface area contributed by atoms with E-state index in [0.717, 1.165) is 37.2 Å². The van der Waals surface area contributed by atoms with Crippen LogP contribution in [0.25, 0.3) is 16.9 Å². The largest absolute Gasteiger partial charge is 0.384 e. The van der Waals surface area contributed by atoms with Crippen molar-refractivity contribution in [3.05, 3.63) is 64.2 Å². The predicted molar refractivity (Wildman–Crippen MR) is 130 cm³/mol. The van der Waals surface area contributed by atoms with Gasteiger partial charge in [0.15, 0.2) is 11.5 Å². The molecule has 8 nitrogen and oxygen atoms in total. The van der Waals surface area contributed by atoms with Gasteiger partial charge in [0.1, 0.15) is 5.39 Å². The summed E-state index contributed by atoms with van der Waals surface area (Å²) in [6, 6.07) is 12.4. The Morgan fingerprint density at radius 1 is 1.12 bits per heavy atom. The Kier molecular flexibility index (Phi) is 4.33. The van der Waals surface area contributed by atoms with E-state index in [0.29, 0.717) is 22.8 Å². The third kappa shape index (κ3) is 3.46. The maximum atomic E-state index is 13.3. The first-order chi connectivity index (χ1) is 15.9. The van der Waals surface area contributed by atoms with Crippen LogP contribution in [0.1, 0.15) is 50.9 Å². The van der Waals surface area contributed by atoms with Crippen LogP contribution in [0.2, 0.25) is 0 Å². The summed E-state index contributed by atoms with van der Waals surface area (Å²) in [5.41, 5.74) is 4.76. The number of rotatable bonds is 4. The van der Waals surface area contributed by atoms with Crippen molar-refractivity contribution in [3.63, 3.8) is 0 Å². The van der Waals surface area contributed by atoms with Gasteiger partial charge < -0.3 is 10.6 Å². The molecule has 0 unspecified atom stereocenters. The minimum atomic E-state index is -0.103. The zero-order valence-electron chi connectivity index (χ0n) is 19.1. The number of nitrogens with zero attached hydrogens (tertiary/aromatic N) is 5. The Hall–Kier alpha value is -3.68. The highest BCUT2D eigenvalue weighted by atomic mass is 16.1. The van der Waals surface area contributed by atoms with E-state index >= 15 is 0 Å². The van der Waals surface area contributed by atoms with Gasteiger partial charge in [-0.05, 0) is 55.2 Å². The number of pyridine rings is 1. The summed E-state index contributed by atoms with van der Waals surface area (Å²) in [7, 11) is 0. The standard InChI is InChI=1S/C25H27N7O/c1-25(2,3)20-5-4-6-21(29-20)32-22-18(23(33)31(32)17-8-9-17)14-27-24(30-22)28-16-7-10-19-15(13-16)11-12-26-19/h4-7,10,13-14,17,26H,8-9,11-12H2,1-3H3,(H,27,28,30). The summed E-state index contributed by atoms with van der Waals surface area (Å²) in [6.45, 7) is 7.37. The smallest absolute Gasteiger partial charge is 0.278 e. The lowest BCUT2D eigenvalue weighted by Gasteiger charge is -2.19. The molecule has 0 spiro atoms. The maximum Gasteiger partial charge on any atom is 0.278 e. The number of nitrogens with one attached hydrogen (secondary N) is 2. The van der Waals surface area contributed by atoms with Crippen LogP contribution in [0.5, 0.6) is 0 Å². The fourth-order valence-electron chi connectivity index (χ4n) is 4.40. The summed E-state index contributed by atoms with van der Waals surface area (Å²) in [5, 5.41) is 7.20. The number of fused-ring (bicyclic) bond motifs is 2. The first-order valence-electron chi connectivity index (χ1n) is 11.5. The first kappa shape index (κ1) is 20.0. The first-order valence-corrected chi connectivity index (χ1v) is 11.5. The molecule has 3 aromatic heterocycles. The second-order valence-corrected chi connectivity index (χ2v) is 9.93. The van der Waals surface area contributed by atoms with E-state index in [1.165, 1.54) is 11.3 Å². The average molecular weight is 442 g/mol. The zero-order chi connectivity index (χ0) is 22.7. The highest BCUT2D eigenvalue weighted by Crippen LogP contribution is 2.36. The van der Waals surface area contributed by atoms with Gasteiger partial charge in [0.2, 0.25) is 5.95 Å². The van der Waals surface area contributed by atoms with E-state index in [2.05, 4.69) is 48.5 Å². The summed E-state index contributed by atoms with van der Waals surface area (Å²) in [6.07, 6.45) is 4.60. The Morgan fingerprint density at radius 3 is 2.76 bits per heavy atom. The van der Waals surface area contributed by atoms with E-state index in [4.69, 9.17) is 9.97 Å². The lowest BCUT2D eigenvalue weighted by molar-refractivity contribution is 0.537. The minimum absolute atomic E-state index is 0.0642. The normalized spacial score (nSPS) is 15.5. The number of aromatic nitrogens is 5. The van der Waals surface area contributed by atoms with Gasteiger partial charge in [-0.1, -0.05) is 26.8 Å². The molecule has 1 aliphatic carbocycles. The molecule has 1 saturated carbocycles. The molecule has 0 bridgehead atoms. The number of benzene rings is 1. The van der Waals surface area contributed by atoms with Crippen molar-refractivity contribution in [1.29, 1.82) is 0 Å². The van der Waals surface area contributed by atoms with Crippen LogP contribution < -0.4 is 16.2 Å². The summed E-state index contributed by atoms with van der Waals surface area (Å²) < 4.78 is 3.68. The van der Waals surface area contributed by atoms with Gasteiger partial charge in [-0.25, -0.2) is 19.3 Å². The number of hydrogen-bond acceptors (Lipinski definition) is 6. The molecule has 6 rings (SSSR count). The summed E-state index contributed by atoms with van der Waals surface area (Å²) in [5.74, 6) is 1.16. The number of anilines is 3. The monoisotopic (exact) mass is 441 g/mol. The molecule has 2 aliphatic rings. The molecule has 0 saturated heterocycles. The zero-order valence-corrected chi connectivity index (χ0v) is 19.1. The van der Waals surface area contributed by atoms with Gasteiger partial charge in [-0.2, -0.15) is 4.98 Å². The van der Waals surface area contributed by atoms with E-state index < -0.39 is 0 Å². The van der Waals surface area contributed by atoms with Crippen LogP contribution >= 0.6 is 0 Å². The van der Waals surface area contributed by atoms with E-state index in [1.54, 1.807) is 10.9 Å². The number of hydrogen-bond donors (Lipinski definition) is 2. The predicted octanol–water partition coefficient (Wildman–Crippen LogP) is 4.32. The summed E-state index contributed by atoms with van der Waals surface area (Å²) in [4.78, 5) is 27.5. The molecule has 0 amide bonds. The fraction of sp³-hybridized carbons (Fsp3) is 0.360.